The summed E-state index contributed by atoms with van der Waals surface area (Å²) in [6.45, 7) is 2.01. The third kappa shape index (κ3) is 2.63. The molecule has 3 heteroatoms. The molecule has 0 amide bonds. The van der Waals surface area contributed by atoms with E-state index in [1.807, 2.05) is 24.3 Å². The molecular formula is C17H20N2O. The number of nitrogens with zero attached hydrogens (tertiary/aromatic N) is 1. The van der Waals surface area contributed by atoms with E-state index in [0.717, 1.165) is 30.8 Å². The average Bonchev–Trinajstić information content (AvgIpc) is 2.86. The molecule has 2 aromatic rings. The Morgan fingerprint density at radius 2 is 2.05 bits per heavy atom. The Morgan fingerprint density at radius 3 is 2.90 bits per heavy atom. The summed E-state index contributed by atoms with van der Waals surface area (Å²) >= 11 is 0. The summed E-state index contributed by atoms with van der Waals surface area (Å²) in [4.78, 5) is 2.30. The van der Waals surface area contributed by atoms with Crippen LogP contribution >= 0.6 is 0 Å². The molecule has 0 saturated carbocycles. The second-order valence-electron chi connectivity index (χ2n) is 5.35. The van der Waals surface area contributed by atoms with Crippen molar-refractivity contribution >= 4 is 11.4 Å². The zero-order chi connectivity index (χ0) is 13.9. The lowest BCUT2D eigenvalue weighted by Crippen LogP contribution is -2.12. The quantitative estimate of drug-likeness (QED) is 0.895. The van der Waals surface area contributed by atoms with Crippen molar-refractivity contribution in [1.29, 1.82) is 0 Å². The van der Waals surface area contributed by atoms with Gasteiger partial charge in [-0.25, -0.2) is 0 Å². The first kappa shape index (κ1) is 13.0. The van der Waals surface area contributed by atoms with Gasteiger partial charge in [0.25, 0.3) is 0 Å². The van der Waals surface area contributed by atoms with E-state index >= 15 is 0 Å². The first-order valence-electron chi connectivity index (χ1n) is 7.03. The first-order valence-corrected chi connectivity index (χ1v) is 7.03. The molecule has 0 unspecified atom stereocenters. The fourth-order valence-electron chi connectivity index (χ4n) is 2.71. The number of aliphatic hydroxyl groups excluding tert-OH is 1. The highest BCUT2D eigenvalue weighted by molar-refractivity contribution is 5.58. The fourth-order valence-corrected chi connectivity index (χ4v) is 2.71. The molecule has 104 valence electrons. The molecule has 2 N–H and O–H groups in total. The first-order chi connectivity index (χ1) is 9.76. The lowest BCUT2D eigenvalue weighted by molar-refractivity contribution is 0.282. The van der Waals surface area contributed by atoms with Gasteiger partial charge in [-0.05, 0) is 41.3 Å². The highest BCUT2D eigenvalue weighted by Crippen LogP contribution is 2.27. The summed E-state index contributed by atoms with van der Waals surface area (Å²) in [5.74, 6) is 0. The molecular weight excluding hydrogens is 248 g/mol. The summed E-state index contributed by atoms with van der Waals surface area (Å²) in [7, 11) is 2.14. The molecule has 2 aromatic carbocycles. The van der Waals surface area contributed by atoms with Gasteiger partial charge in [-0.1, -0.05) is 24.3 Å². The standard InChI is InChI=1S/C17H20N2O/c1-19-8-7-15-9-13(5-6-17(15)19)11-18-16-4-2-3-14(10-16)12-20/h2-6,9-10,18,20H,7-8,11-12H2,1H3. The maximum absolute atomic E-state index is 9.15. The van der Waals surface area contributed by atoms with Gasteiger partial charge in [-0.2, -0.15) is 0 Å². The molecule has 0 fully saturated rings. The summed E-state index contributed by atoms with van der Waals surface area (Å²) < 4.78 is 0. The minimum absolute atomic E-state index is 0.0840. The Labute approximate surface area is 119 Å². The molecule has 0 bridgehead atoms. The Morgan fingerprint density at radius 1 is 1.15 bits per heavy atom. The highest BCUT2D eigenvalue weighted by atomic mass is 16.3. The molecule has 20 heavy (non-hydrogen) atoms. The van der Waals surface area contributed by atoms with Gasteiger partial charge in [0.2, 0.25) is 0 Å². The lowest BCUT2D eigenvalue weighted by atomic mass is 10.1. The van der Waals surface area contributed by atoms with Crippen LogP contribution in [0.15, 0.2) is 42.5 Å². The van der Waals surface area contributed by atoms with E-state index in [4.69, 9.17) is 5.11 Å². The molecule has 1 aliphatic rings. The van der Waals surface area contributed by atoms with Crippen LogP contribution < -0.4 is 10.2 Å². The van der Waals surface area contributed by atoms with E-state index in [0.29, 0.717) is 0 Å². The third-order valence-electron chi connectivity index (χ3n) is 3.88. The van der Waals surface area contributed by atoms with Gasteiger partial charge in [0.15, 0.2) is 0 Å². The minimum Gasteiger partial charge on any atom is -0.392 e. The van der Waals surface area contributed by atoms with Crippen molar-refractivity contribution in [2.24, 2.45) is 0 Å². The molecule has 0 saturated heterocycles. The molecule has 3 rings (SSSR count). The highest BCUT2D eigenvalue weighted by Gasteiger charge is 2.15. The van der Waals surface area contributed by atoms with Crippen LogP contribution in [0.1, 0.15) is 16.7 Å². The van der Waals surface area contributed by atoms with Crippen LogP contribution in [0, 0.1) is 0 Å². The van der Waals surface area contributed by atoms with Crippen molar-refractivity contribution in [2.75, 3.05) is 23.8 Å². The largest absolute Gasteiger partial charge is 0.392 e. The topological polar surface area (TPSA) is 35.5 Å². The van der Waals surface area contributed by atoms with Crippen LogP contribution in [-0.4, -0.2) is 18.7 Å². The van der Waals surface area contributed by atoms with Crippen molar-refractivity contribution < 1.29 is 5.11 Å². The third-order valence-corrected chi connectivity index (χ3v) is 3.88. The lowest BCUT2D eigenvalue weighted by Gasteiger charge is -2.13. The van der Waals surface area contributed by atoms with E-state index in [2.05, 4.69) is 35.5 Å². The monoisotopic (exact) mass is 268 g/mol. The number of likely N-dealkylation sites (N-methyl/N-ethyl adjacent to an activating group) is 1. The smallest absolute Gasteiger partial charge is 0.0682 e. The fraction of sp³-hybridized carbons (Fsp3) is 0.294. The molecule has 0 atom stereocenters. The van der Waals surface area contributed by atoms with Gasteiger partial charge < -0.3 is 15.3 Å². The van der Waals surface area contributed by atoms with Crippen LogP contribution in [0.5, 0.6) is 0 Å². The van der Waals surface area contributed by atoms with E-state index < -0.39 is 0 Å². The van der Waals surface area contributed by atoms with E-state index in [9.17, 15) is 0 Å². The Balaban J connectivity index is 1.69. The maximum Gasteiger partial charge on any atom is 0.0682 e. The van der Waals surface area contributed by atoms with Crippen molar-refractivity contribution in [3.8, 4) is 0 Å². The molecule has 1 heterocycles. The van der Waals surface area contributed by atoms with E-state index in [-0.39, 0.29) is 6.61 Å². The molecule has 0 spiro atoms. The van der Waals surface area contributed by atoms with Crippen molar-refractivity contribution in [2.45, 2.75) is 19.6 Å². The summed E-state index contributed by atoms with van der Waals surface area (Å²) in [6, 6.07) is 14.6. The predicted molar refractivity (Wildman–Crippen MR) is 83.1 cm³/mol. The minimum atomic E-state index is 0.0840. The van der Waals surface area contributed by atoms with Gasteiger partial charge in [-0.3, -0.25) is 0 Å². The normalized spacial score (nSPS) is 13.4. The molecule has 0 aliphatic carbocycles. The zero-order valence-corrected chi connectivity index (χ0v) is 11.8. The zero-order valence-electron chi connectivity index (χ0n) is 11.8. The number of rotatable bonds is 4. The number of benzene rings is 2. The molecule has 3 nitrogen and oxygen atoms in total. The van der Waals surface area contributed by atoms with Gasteiger partial charge in [0, 0.05) is 31.5 Å². The van der Waals surface area contributed by atoms with Crippen LogP contribution in [-0.2, 0) is 19.6 Å². The molecule has 0 radical (unpaired) electrons. The summed E-state index contributed by atoms with van der Waals surface area (Å²) in [5, 5.41) is 12.6. The van der Waals surface area contributed by atoms with Crippen molar-refractivity contribution in [3.63, 3.8) is 0 Å². The van der Waals surface area contributed by atoms with Crippen LogP contribution in [0.25, 0.3) is 0 Å². The Hall–Kier alpha value is -2.00. The second kappa shape index (κ2) is 5.55. The predicted octanol–water partition coefficient (Wildman–Crippen LogP) is 2.78. The van der Waals surface area contributed by atoms with Gasteiger partial charge in [0.1, 0.15) is 0 Å². The number of fused-ring (bicyclic) bond motifs is 1. The summed E-state index contributed by atoms with van der Waals surface area (Å²) in [6.07, 6.45) is 1.14. The van der Waals surface area contributed by atoms with E-state index in [1.54, 1.807) is 0 Å². The number of nitrogens with one attached hydrogen (secondary N) is 1. The molecule has 1 aliphatic heterocycles. The van der Waals surface area contributed by atoms with Gasteiger partial charge in [0.05, 0.1) is 6.61 Å². The molecule has 0 aromatic heterocycles. The number of hydrogen-bond acceptors (Lipinski definition) is 3. The van der Waals surface area contributed by atoms with Crippen molar-refractivity contribution in [1.82, 2.24) is 0 Å². The second-order valence-corrected chi connectivity index (χ2v) is 5.35. The van der Waals surface area contributed by atoms with Crippen LogP contribution in [0.3, 0.4) is 0 Å². The number of hydrogen-bond donors (Lipinski definition) is 2. The Kier molecular flexibility index (Phi) is 3.61. The average molecular weight is 268 g/mol. The van der Waals surface area contributed by atoms with E-state index in [1.165, 1.54) is 16.8 Å². The summed E-state index contributed by atoms with van der Waals surface area (Å²) in [5.41, 5.74) is 6.08. The SMILES string of the molecule is CN1CCc2cc(CNc3cccc(CO)c3)ccc21. The maximum atomic E-state index is 9.15. The van der Waals surface area contributed by atoms with Gasteiger partial charge >= 0.3 is 0 Å². The number of aliphatic hydroxyl groups is 1. The van der Waals surface area contributed by atoms with Gasteiger partial charge in [-0.15, -0.1) is 0 Å². The number of anilines is 2. The van der Waals surface area contributed by atoms with Crippen molar-refractivity contribution in [3.05, 3.63) is 59.2 Å². The van der Waals surface area contributed by atoms with Crippen LogP contribution in [0.4, 0.5) is 11.4 Å². The Bertz CT molecular complexity index is 610. The van der Waals surface area contributed by atoms with Crippen LogP contribution in [0.2, 0.25) is 0 Å².